The van der Waals surface area contributed by atoms with E-state index in [4.69, 9.17) is 0 Å². The van der Waals surface area contributed by atoms with Crippen molar-refractivity contribution in [2.45, 2.75) is 83.2 Å². The van der Waals surface area contributed by atoms with Crippen molar-refractivity contribution < 1.29 is 5.11 Å². The zero-order valence-electron chi connectivity index (χ0n) is 10.7. The highest BCUT2D eigenvalue weighted by molar-refractivity contribution is 5.04. The second-order valence-electron chi connectivity index (χ2n) is 5.13. The minimum absolute atomic E-state index is 0.450. The molecule has 1 saturated carbocycles. The smallest absolute Gasteiger partial charge is 0.0756 e. The molecule has 0 radical (unpaired) electrons. The molecule has 1 N–H and O–H groups in total. The molecule has 16 heavy (non-hydrogen) atoms. The molecule has 0 atom stereocenters. The summed E-state index contributed by atoms with van der Waals surface area (Å²) in [7, 11) is 0. The molecular formula is C15H26O. The number of hydrogen-bond acceptors (Lipinski definition) is 1. The maximum atomic E-state index is 10.2. The first kappa shape index (κ1) is 13.6. The molecule has 0 spiro atoms. The van der Waals surface area contributed by atoms with Crippen molar-refractivity contribution in [1.82, 2.24) is 0 Å². The van der Waals surface area contributed by atoms with E-state index in [1.165, 1.54) is 44.9 Å². The SMILES string of the molecule is CCCCCCC#CCC1(O)CCCCC1. The molecule has 0 aromatic heterocycles. The Morgan fingerprint density at radius 1 is 1.00 bits per heavy atom. The molecule has 1 nitrogen and oxygen atoms in total. The van der Waals surface area contributed by atoms with Gasteiger partial charge in [0.15, 0.2) is 0 Å². The van der Waals surface area contributed by atoms with Gasteiger partial charge in [0.05, 0.1) is 5.60 Å². The van der Waals surface area contributed by atoms with E-state index in [9.17, 15) is 5.11 Å². The summed E-state index contributed by atoms with van der Waals surface area (Å²) < 4.78 is 0. The third kappa shape index (κ3) is 5.56. The van der Waals surface area contributed by atoms with Crippen LogP contribution in [-0.2, 0) is 0 Å². The second kappa shape index (κ2) is 7.74. The van der Waals surface area contributed by atoms with Crippen LogP contribution in [0.2, 0.25) is 0 Å². The summed E-state index contributed by atoms with van der Waals surface area (Å²) in [5.41, 5.74) is -0.450. The molecule has 0 aromatic carbocycles. The molecule has 0 unspecified atom stereocenters. The molecule has 1 fully saturated rings. The van der Waals surface area contributed by atoms with Gasteiger partial charge < -0.3 is 5.11 Å². The quantitative estimate of drug-likeness (QED) is 0.549. The van der Waals surface area contributed by atoms with Gasteiger partial charge in [-0.1, -0.05) is 45.4 Å². The molecule has 1 heteroatoms. The third-order valence-electron chi connectivity index (χ3n) is 3.48. The van der Waals surface area contributed by atoms with Gasteiger partial charge >= 0.3 is 0 Å². The highest BCUT2D eigenvalue weighted by Crippen LogP contribution is 2.30. The zero-order chi connectivity index (χ0) is 11.7. The van der Waals surface area contributed by atoms with E-state index in [-0.39, 0.29) is 0 Å². The van der Waals surface area contributed by atoms with Gasteiger partial charge in [0.2, 0.25) is 0 Å². The molecule has 0 aliphatic heterocycles. The maximum Gasteiger partial charge on any atom is 0.0756 e. The standard InChI is InChI=1S/C15H26O/c1-2-3-4-5-6-7-9-12-15(16)13-10-8-11-14-15/h16H,2-6,8,10-14H2,1H3. The van der Waals surface area contributed by atoms with Crippen molar-refractivity contribution in [1.29, 1.82) is 0 Å². The Kier molecular flexibility index (Phi) is 6.57. The summed E-state index contributed by atoms with van der Waals surface area (Å²) in [5.74, 6) is 6.38. The number of unbranched alkanes of at least 4 members (excludes halogenated alkanes) is 4. The van der Waals surface area contributed by atoms with Crippen molar-refractivity contribution >= 4 is 0 Å². The van der Waals surface area contributed by atoms with Crippen LogP contribution in [0.25, 0.3) is 0 Å². The molecule has 1 aliphatic rings. The monoisotopic (exact) mass is 222 g/mol. The van der Waals surface area contributed by atoms with Crippen LogP contribution in [0.5, 0.6) is 0 Å². The Hall–Kier alpha value is -0.480. The predicted molar refractivity (Wildman–Crippen MR) is 69.2 cm³/mol. The molecule has 0 aromatic rings. The molecule has 1 rings (SSSR count). The van der Waals surface area contributed by atoms with Gasteiger partial charge in [0.1, 0.15) is 0 Å². The van der Waals surface area contributed by atoms with Crippen LogP contribution in [0, 0.1) is 11.8 Å². The van der Waals surface area contributed by atoms with Crippen LogP contribution in [-0.4, -0.2) is 10.7 Å². The topological polar surface area (TPSA) is 20.2 Å². The summed E-state index contributed by atoms with van der Waals surface area (Å²) in [4.78, 5) is 0. The number of rotatable bonds is 5. The fourth-order valence-corrected chi connectivity index (χ4v) is 2.34. The van der Waals surface area contributed by atoms with E-state index in [0.717, 1.165) is 19.3 Å². The number of hydrogen-bond donors (Lipinski definition) is 1. The average Bonchev–Trinajstić information content (AvgIpc) is 2.29. The second-order valence-corrected chi connectivity index (χ2v) is 5.13. The summed E-state index contributed by atoms with van der Waals surface area (Å²) in [5, 5.41) is 10.2. The van der Waals surface area contributed by atoms with Crippen molar-refractivity contribution in [3.05, 3.63) is 0 Å². The average molecular weight is 222 g/mol. The lowest BCUT2D eigenvalue weighted by Crippen LogP contribution is -2.30. The Bertz CT molecular complexity index is 228. The van der Waals surface area contributed by atoms with E-state index >= 15 is 0 Å². The Labute approximate surface area is 101 Å². The predicted octanol–water partition coefficient (Wildman–Crippen LogP) is 4.05. The molecule has 0 amide bonds. The largest absolute Gasteiger partial charge is 0.389 e. The van der Waals surface area contributed by atoms with Gasteiger partial charge in [0, 0.05) is 12.8 Å². The molecule has 0 saturated heterocycles. The molecule has 92 valence electrons. The highest BCUT2D eigenvalue weighted by Gasteiger charge is 2.27. The van der Waals surface area contributed by atoms with Gasteiger partial charge in [-0.2, -0.15) is 0 Å². The van der Waals surface area contributed by atoms with Crippen LogP contribution >= 0.6 is 0 Å². The first-order valence-corrected chi connectivity index (χ1v) is 6.95. The molecular weight excluding hydrogens is 196 g/mol. The van der Waals surface area contributed by atoms with Gasteiger partial charge in [-0.3, -0.25) is 0 Å². The van der Waals surface area contributed by atoms with E-state index in [0.29, 0.717) is 6.42 Å². The van der Waals surface area contributed by atoms with Crippen molar-refractivity contribution in [3.8, 4) is 11.8 Å². The van der Waals surface area contributed by atoms with Crippen LogP contribution in [0.15, 0.2) is 0 Å². The molecule has 0 bridgehead atoms. The summed E-state index contributed by atoms with van der Waals surface area (Å²) >= 11 is 0. The van der Waals surface area contributed by atoms with Crippen molar-refractivity contribution in [3.63, 3.8) is 0 Å². The summed E-state index contributed by atoms with van der Waals surface area (Å²) in [6, 6.07) is 0. The van der Waals surface area contributed by atoms with Crippen LogP contribution in [0.4, 0.5) is 0 Å². The minimum Gasteiger partial charge on any atom is -0.389 e. The van der Waals surface area contributed by atoms with Crippen LogP contribution in [0.1, 0.15) is 77.6 Å². The molecule has 1 aliphatic carbocycles. The Morgan fingerprint density at radius 3 is 2.44 bits per heavy atom. The lowest BCUT2D eigenvalue weighted by molar-refractivity contribution is 0.00893. The van der Waals surface area contributed by atoms with Crippen LogP contribution < -0.4 is 0 Å². The van der Waals surface area contributed by atoms with Gasteiger partial charge in [-0.15, -0.1) is 11.8 Å². The van der Waals surface area contributed by atoms with E-state index in [1.807, 2.05) is 0 Å². The van der Waals surface area contributed by atoms with Gasteiger partial charge in [-0.05, 0) is 19.3 Å². The van der Waals surface area contributed by atoms with E-state index < -0.39 is 5.60 Å². The maximum absolute atomic E-state index is 10.2. The lowest BCUT2D eigenvalue weighted by atomic mass is 9.83. The van der Waals surface area contributed by atoms with Gasteiger partial charge in [-0.25, -0.2) is 0 Å². The van der Waals surface area contributed by atoms with Crippen molar-refractivity contribution in [2.75, 3.05) is 0 Å². The van der Waals surface area contributed by atoms with E-state index in [2.05, 4.69) is 18.8 Å². The number of aliphatic hydroxyl groups is 1. The Morgan fingerprint density at radius 2 is 1.75 bits per heavy atom. The highest BCUT2D eigenvalue weighted by atomic mass is 16.3. The zero-order valence-corrected chi connectivity index (χ0v) is 10.7. The summed E-state index contributed by atoms with van der Waals surface area (Å²) in [6.45, 7) is 2.23. The van der Waals surface area contributed by atoms with Crippen molar-refractivity contribution in [2.24, 2.45) is 0 Å². The minimum atomic E-state index is -0.450. The van der Waals surface area contributed by atoms with E-state index in [1.54, 1.807) is 0 Å². The normalized spacial score (nSPS) is 18.9. The fraction of sp³-hybridized carbons (Fsp3) is 0.867. The first-order chi connectivity index (χ1) is 7.77. The van der Waals surface area contributed by atoms with Crippen LogP contribution in [0.3, 0.4) is 0 Å². The lowest BCUT2D eigenvalue weighted by Gasteiger charge is -2.30. The molecule has 0 heterocycles. The third-order valence-corrected chi connectivity index (χ3v) is 3.48. The summed E-state index contributed by atoms with van der Waals surface area (Å²) in [6.07, 6.45) is 12.4. The fourth-order valence-electron chi connectivity index (χ4n) is 2.34. The first-order valence-electron chi connectivity index (χ1n) is 6.95. The van der Waals surface area contributed by atoms with Gasteiger partial charge in [0.25, 0.3) is 0 Å². The Balaban J connectivity index is 2.10.